The summed E-state index contributed by atoms with van der Waals surface area (Å²) in [4.78, 5) is 22.7. The van der Waals surface area contributed by atoms with Gasteiger partial charge in [-0.05, 0) is 60.2 Å². The molecule has 39 heavy (non-hydrogen) atoms. The number of anilines is 3. The maximum Gasteiger partial charge on any atom is 0.309 e. The van der Waals surface area contributed by atoms with Gasteiger partial charge in [0.1, 0.15) is 10.7 Å². The second-order valence-corrected chi connectivity index (χ2v) is 12.2. The van der Waals surface area contributed by atoms with E-state index in [9.17, 15) is 17.6 Å². The van der Waals surface area contributed by atoms with Crippen LogP contribution in [0.15, 0.2) is 47.4 Å². The number of halogens is 3. The third-order valence-electron chi connectivity index (χ3n) is 6.71. The molecule has 0 spiro atoms. The predicted molar refractivity (Wildman–Crippen MR) is 149 cm³/mol. The zero-order chi connectivity index (χ0) is 27.7. The number of methoxy groups -OCH3 is 1. The van der Waals surface area contributed by atoms with E-state index in [-0.39, 0.29) is 28.6 Å². The highest BCUT2D eigenvalue weighted by atomic mass is 35.5. The van der Waals surface area contributed by atoms with E-state index >= 15 is 0 Å². The van der Waals surface area contributed by atoms with Gasteiger partial charge in [0.05, 0.1) is 40.7 Å². The molecule has 8 nitrogen and oxygen atoms in total. The van der Waals surface area contributed by atoms with Gasteiger partial charge < -0.3 is 15.0 Å². The fraction of sp³-hybridized carbons (Fsp3) is 0.296. The summed E-state index contributed by atoms with van der Waals surface area (Å²) >= 11 is 12.2. The van der Waals surface area contributed by atoms with Crippen LogP contribution in [0.2, 0.25) is 10.0 Å². The van der Waals surface area contributed by atoms with Crippen molar-refractivity contribution in [1.82, 2.24) is 9.97 Å². The first-order valence-corrected chi connectivity index (χ1v) is 14.7. The normalized spacial score (nSPS) is 16.3. The number of aromatic nitrogens is 2. The Morgan fingerprint density at radius 2 is 1.95 bits per heavy atom. The van der Waals surface area contributed by atoms with Crippen LogP contribution >= 0.6 is 23.2 Å². The Hall–Kier alpha value is -3.21. The average Bonchev–Trinajstić information content (AvgIpc) is 2.91. The molecule has 0 radical (unpaired) electrons. The molecule has 2 aliphatic rings. The molecule has 0 aliphatic carbocycles. The molecule has 0 saturated heterocycles. The molecule has 0 unspecified atom stereocenters. The second kappa shape index (κ2) is 11.1. The number of rotatable bonds is 6. The van der Waals surface area contributed by atoms with E-state index in [1.54, 1.807) is 12.1 Å². The lowest BCUT2D eigenvalue weighted by Gasteiger charge is -2.29. The lowest BCUT2D eigenvalue weighted by molar-refractivity contribution is -0.139. The molecular formula is C27H25Cl2FN4O4S. The van der Waals surface area contributed by atoms with E-state index in [1.807, 2.05) is 17.0 Å². The standard InChI is InChI=1S/C27H25Cl2FN4O4S/c1-38-24(35)14-16-4-7-22(21(30)13-16)31-26-25-23(3-2-12-39(25,36)37)32-27(33-26)34-10-8-17(9-11-34)18-5-6-19(28)20(29)15-18/h4-8,13,15H,2-3,9-12,14H2,1H3,(H,31,32,33). The van der Waals surface area contributed by atoms with Crippen LogP contribution < -0.4 is 10.2 Å². The number of sulfone groups is 1. The van der Waals surface area contributed by atoms with Crippen LogP contribution in [0.25, 0.3) is 5.57 Å². The Morgan fingerprint density at radius 1 is 1.13 bits per heavy atom. The third-order valence-corrected chi connectivity index (χ3v) is 9.32. The topological polar surface area (TPSA) is 101 Å². The summed E-state index contributed by atoms with van der Waals surface area (Å²) in [7, 11) is -2.40. The summed E-state index contributed by atoms with van der Waals surface area (Å²) in [5.74, 6) is -0.773. The van der Waals surface area contributed by atoms with Crippen molar-refractivity contribution in [3.05, 3.63) is 75.2 Å². The Kier molecular flexibility index (Phi) is 7.80. The van der Waals surface area contributed by atoms with Crippen LogP contribution in [0.5, 0.6) is 0 Å². The van der Waals surface area contributed by atoms with Gasteiger partial charge in [-0.2, -0.15) is 4.98 Å². The summed E-state index contributed by atoms with van der Waals surface area (Å²) in [5.41, 5.74) is 2.97. The number of hydrogen-bond donors (Lipinski definition) is 1. The van der Waals surface area contributed by atoms with Gasteiger partial charge in [-0.15, -0.1) is 0 Å². The molecule has 1 N–H and O–H groups in total. The molecule has 3 aromatic rings. The van der Waals surface area contributed by atoms with E-state index in [0.29, 0.717) is 59.6 Å². The van der Waals surface area contributed by atoms with Crippen LogP contribution in [0.4, 0.5) is 21.8 Å². The molecule has 0 saturated carbocycles. The fourth-order valence-corrected chi connectivity index (χ4v) is 6.61. The van der Waals surface area contributed by atoms with E-state index in [4.69, 9.17) is 23.2 Å². The lowest BCUT2D eigenvalue weighted by atomic mass is 10.00. The van der Waals surface area contributed by atoms with Crippen LogP contribution in [-0.4, -0.2) is 50.3 Å². The maximum absolute atomic E-state index is 15.0. The van der Waals surface area contributed by atoms with Crippen LogP contribution in [0.3, 0.4) is 0 Å². The molecule has 2 aliphatic heterocycles. The number of carbonyl (C=O) groups is 1. The molecule has 3 heterocycles. The molecule has 0 bridgehead atoms. The SMILES string of the molecule is COC(=O)Cc1ccc(Nc2nc(N3CC=C(c4ccc(Cl)c(Cl)c4)CC3)nc3c2S(=O)(=O)CCC3)c(F)c1. The number of aryl methyl sites for hydroxylation is 1. The summed E-state index contributed by atoms with van der Waals surface area (Å²) in [5, 5.41) is 3.86. The minimum Gasteiger partial charge on any atom is -0.469 e. The van der Waals surface area contributed by atoms with Gasteiger partial charge in [-0.3, -0.25) is 4.79 Å². The first-order valence-electron chi connectivity index (χ1n) is 12.3. The quantitative estimate of drug-likeness (QED) is 0.381. The van der Waals surface area contributed by atoms with Gasteiger partial charge in [-0.1, -0.05) is 41.4 Å². The number of fused-ring (bicyclic) bond motifs is 1. The Labute approximate surface area is 235 Å². The summed E-state index contributed by atoms with van der Waals surface area (Å²) in [6.07, 6.45) is 3.58. The van der Waals surface area contributed by atoms with Crippen LogP contribution in [-0.2, 0) is 32.2 Å². The van der Waals surface area contributed by atoms with Crippen LogP contribution in [0.1, 0.15) is 29.7 Å². The predicted octanol–water partition coefficient (Wildman–Crippen LogP) is 5.40. The van der Waals surface area contributed by atoms with Crippen molar-refractivity contribution < 1.29 is 22.3 Å². The van der Waals surface area contributed by atoms with Gasteiger partial charge in [0.2, 0.25) is 5.95 Å². The molecule has 12 heteroatoms. The van der Waals surface area contributed by atoms with Crippen molar-refractivity contribution >= 4 is 62.0 Å². The minimum atomic E-state index is -3.66. The van der Waals surface area contributed by atoms with Crippen molar-refractivity contribution in [3.63, 3.8) is 0 Å². The number of nitrogens with zero attached hydrogens (tertiary/aromatic N) is 3. The highest BCUT2D eigenvalue weighted by molar-refractivity contribution is 7.91. The monoisotopic (exact) mass is 590 g/mol. The number of hydrogen-bond acceptors (Lipinski definition) is 8. The number of ether oxygens (including phenoxy) is 1. The Bertz CT molecular complexity index is 1600. The minimum absolute atomic E-state index is 0.000385. The van der Waals surface area contributed by atoms with Gasteiger partial charge in [0, 0.05) is 13.1 Å². The molecule has 1 aromatic heterocycles. The number of nitrogens with one attached hydrogen (secondary N) is 1. The lowest BCUT2D eigenvalue weighted by Crippen LogP contribution is -2.31. The summed E-state index contributed by atoms with van der Waals surface area (Å²) in [6.45, 7) is 1.09. The molecule has 5 rings (SSSR count). The average molecular weight is 591 g/mol. The summed E-state index contributed by atoms with van der Waals surface area (Å²) < 4.78 is 45.6. The molecular weight excluding hydrogens is 566 g/mol. The maximum atomic E-state index is 15.0. The molecule has 0 atom stereocenters. The van der Waals surface area contributed by atoms with Crippen molar-refractivity contribution in [2.75, 3.05) is 36.2 Å². The highest BCUT2D eigenvalue weighted by Gasteiger charge is 2.31. The number of benzene rings is 2. The van der Waals surface area contributed by atoms with E-state index < -0.39 is 21.6 Å². The van der Waals surface area contributed by atoms with Crippen molar-refractivity contribution in [2.45, 2.75) is 30.6 Å². The first kappa shape index (κ1) is 27.4. The van der Waals surface area contributed by atoms with Gasteiger partial charge in [0.25, 0.3) is 0 Å². The highest BCUT2D eigenvalue weighted by Crippen LogP contribution is 2.35. The largest absolute Gasteiger partial charge is 0.469 e. The van der Waals surface area contributed by atoms with Crippen molar-refractivity contribution in [2.24, 2.45) is 0 Å². The molecule has 0 amide bonds. The fourth-order valence-electron chi connectivity index (χ4n) is 4.68. The Balaban J connectivity index is 1.46. The third kappa shape index (κ3) is 5.88. The van der Waals surface area contributed by atoms with Gasteiger partial charge >= 0.3 is 5.97 Å². The molecule has 0 fully saturated rings. The zero-order valence-corrected chi connectivity index (χ0v) is 23.3. The van der Waals surface area contributed by atoms with Crippen LogP contribution in [0, 0.1) is 5.82 Å². The second-order valence-electron chi connectivity index (χ2n) is 9.32. The van der Waals surface area contributed by atoms with Gasteiger partial charge in [-0.25, -0.2) is 17.8 Å². The van der Waals surface area contributed by atoms with E-state index in [2.05, 4.69) is 26.1 Å². The Morgan fingerprint density at radius 3 is 2.64 bits per heavy atom. The van der Waals surface area contributed by atoms with Crippen molar-refractivity contribution in [3.8, 4) is 0 Å². The van der Waals surface area contributed by atoms with Crippen molar-refractivity contribution in [1.29, 1.82) is 0 Å². The molecule has 2 aromatic carbocycles. The van der Waals surface area contributed by atoms with Gasteiger partial charge in [0.15, 0.2) is 15.7 Å². The zero-order valence-electron chi connectivity index (χ0n) is 21.0. The van der Waals surface area contributed by atoms with E-state index in [0.717, 1.165) is 11.1 Å². The number of esters is 1. The number of carbonyl (C=O) groups excluding carboxylic acids is 1. The molecule has 204 valence electrons. The smallest absolute Gasteiger partial charge is 0.309 e. The summed E-state index contributed by atoms with van der Waals surface area (Å²) in [6, 6.07) is 9.75. The first-order chi connectivity index (χ1) is 18.6. The van der Waals surface area contributed by atoms with E-state index in [1.165, 1.54) is 19.2 Å².